The highest BCUT2D eigenvalue weighted by atomic mass is 19.4. The highest BCUT2D eigenvalue weighted by molar-refractivity contribution is 6.13. The maximum Gasteiger partial charge on any atom is 0.416 e. The second-order valence-electron chi connectivity index (χ2n) is 6.74. The molecule has 30 heavy (non-hydrogen) atoms. The molecular weight excluding hydrogens is 403 g/mol. The molecule has 4 rings (SSSR count). The van der Waals surface area contributed by atoms with Gasteiger partial charge in [-0.1, -0.05) is 0 Å². The normalized spacial score (nSPS) is 16.5. The lowest BCUT2D eigenvalue weighted by atomic mass is 10.1. The van der Waals surface area contributed by atoms with Crippen LogP contribution in [0.2, 0.25) is 0 Å². The van der Waals surface area contributed by atoms with Gasteiger partial charge >= 0.3 is 6.18 Å². The molecule has 0 aliphatic carbocycles. The zero-order valence-electron chi connectivity index (χ0n) is 15.6. The first-order valence-electron chi connectivity index (χ1n) is 8.77. The van der Waals surface area contributed by atoms with Crippen LogP contribution in [0.4, 0.5) is 24.5 Å². The number of benzene rings is 1. The lowest BCUT2D eigenvalue weighted by Crippen LogP contribution is -2.46. The van der Waals surface area contributed by atoms with Crippen LogP contribution >= 0.6 is 0 Å². The number of aryl methyl sites for hydroxylation is 1. The molecule has 0 fully saturated rings. The van der Waals surface area contributed by atoms with Crippen molar-refractivity contribution in [2.45, 2.75) is 12.3 Å². The number of carbonyl (C=O) groups excluding carboxylic acids is 2. The number of hydrogen-bond donors (Lipinski definition) is 2. The number of halogens is 3. The third-order valence-electron chi connectivity index (χ3n) is 4.65. The van der Waals surface area contributed by atoms with E-state index in [1.165, 1.54) is 45.0 Å². The van der Waals surface area contributed by atoms with E-state index in [-0.39, 0.29) is 29.2 Å². The second kappa shape index (κ2) is 6.99. The number of hydrogen-bond acceptors (Lipinski definition) is 5. The number of nitrogens with two attached hydrogens (primary N) is 1. The van der Waals surface area contributed by atoms with Crippen molar-refractivity contribution < 1.29 is 22.8 Å². The molecule has 2 amide bonds. The highest BCUT2D eigenvalue weighted by Crippen LogP contribution is 2.33. The van der Waals surface area contributed by atoms with E-state index in [9.17, 15) is 22.8 Å². The summed E-state index contributed by atoms with van der Waals surface area (Å²) < 4.78 is 41.2. The van der Waals surface area contributed by atoms with Gasteiger partial charge < -0.3 is 16.0 Å². The molecule has 0 bridgehead atoms. The van der Waals surface area contributed by atoms with E-state index in [4.69, 9.17) is 5.73 Å². The quantitative estimate of drug-likeness (QED) is 0.675. The molecule has 0 spiro atoms. The Kier molecular flexibility index (Phi) is 4.57. The summed E-state index contributed by atoms with van der Waals surface area (Å²) in [4.78, 5) is 26.7. The first kappa shape index (κ1) is 19.6. The van der Waals surface area contributed by atoms with Gasteiger partial charge in [-0.15, -0.1) is 0 Å². The maximum absolute atomic E-state index is 13.1. The SMILES string of the molecule is Cn1cc(C(=O)Nc2cnn3c2C(=O)N(c2ccc(C(F)(F)F)cc2)CC3N)cn1. The molecule has 3 aromatic rings. The Labute approximate surface area is 167 Å². The fourth-order valence-corrected chi connectivity index (χ4v) is 3.18. The predicted octanol–water partition coefficient (Wildman–Crippen LogP) is 2.01. The number of amides is 2. The summed E-state index contributed by atoms with van der Waals surface area (Å²) >= 11 is 0. The minimum absolute atomic E-state index is 0.00880. The summed E-state index contributed by atoms with van der Waals surface area (Å²) in [7, 11) is 1.66. The van der Waals surface area contributed by atoms with Crippen molar-refractivity contribution in [1.82, 2.24) is 19.6 Å². The van der Waals surface area contributed by atoms with Crippen LogP contribution < -0.4 is 16.0 Å². The number of alkyl halides is 3. The molecule has 3 N–H and O–H groups in total. The molecule has 12 heteroatoms. The van der Waals surface area contributed by atoms with Crippen molar-refractivity contribution in [2.75, 3.05) is 16.8 Å². The van der Waals surface area contributed by atoms with Gasteiger partial charge in [0.2, 0.25) is 0 Å². The molecule has 3 heterocycles. The monoisotopic (exact) mass is 419 g/mol. The van der Waals surface area contributed by atoms with Gasteiger partial charge in [-0.2, -0.15) is 23.4 Å². The molecule has 156 valence electrons. The summed E-state index contributed by atoms with van der Waals surface area (Å²) in [5, 5.41) is 10.6. The van der Waals surface area contributed by atoms with Gasteiger partial charge in [0.25, 0.3) is 11.8 Å². The number of fused-ring (bicyclic) bond motifs is 1. The first-order valence-corrected chi connectivity index (χ1v) is 8.77. The van der Waals surface area contributed by atoms with Gasteiger partial charge in [-0.05, 0) is 24.3 Å². The van der Waals surface area contributed by atoms with Crippen LogP contribution in [0.25, 0.3) is 0 Å². The van der Waals surface area contributed by atoms with Crippen molar-refractivity contribution in [3.05, 3.63) is 59.7 Å². The average Bonchev–Trinajstić information content (AvgIpc) is 3.31. The lowest BCUT2D eigenvalue weighted by molar-refractivity contribution is -0.137. The Hall–Kier alpha value is -3.67. The molecule has 1 aromatic carbocycles. The van der Waals surface area contributed by atoms with E-state index < -0.39 is 29.7 Å². The van der Waals surface area contributed by atoms with E-state index in [1.807, 2.05) is 0 Å². The number of carbonyl (C=O) groups is 2. The van der Waals surface area contributed by atoms with Crippen LogP contribution in [0.15, 0.2) is 42.9 Å². The maximum atomic E-state index is 13.1. The summed E-state index contributed by atoms with van der Waals surface area (Å²) in [5.74, 6) is -1.04. The number of nitrogens with one attached hydrogen (secondary N) is 1. The van der Waals surface area contributed by atoms with Crippen LogP contribution in [0.5, 0.6) is 0 Å². The Morgan fingerprint density at radius 3 is 2.50 bits per heavy atom. The molecule has 1 aliphatic rings. The van der Waals surface area contributed by atoms with E-state index >= 15 is 0 Å². The number of rotatable bonds is 3. The Morgan fingerprint density at radius 1 is 1.20 bits per heavy atom. The predicted molar refractivity (Wildman–Crippen MR) is 99.7 cm³/mol. The highest BCUT2D eigenvalue weighted by Gasteiger charge is 2.35. The van der Waals surface area contributed by atoms with Gasteiger partial charge in [0.1, 0.15) is 6.17 Å². The average molecular weight is 419 g/mol. The molecule has 9 nitrogen and oxygen atoms in total. The number of anilines is 2. The van der Waals surface area contributed by atoms with Gasteiger partial charge in [0.05, 0.1) is 35.8 Å². The molecule has 1 unspecified atom stereocenters. The van der Waals surface area contributed by atoms with E-state index in [1.54, 1.807) is 7.05 Å². The molecule has 0 saturated carbocycles. The summed E-state index contributed by atoms with van der Waals surface area (Å²) in [6, 6.07) is 4.19. The van der Waals surface area contributed by atoms with E-state index in [0.29, 0.717) is 0 Å². The minimum atomic E-state index is -4.48. The summed E-state index contributed by atoms with van der Waals surface area (Å²) in [6.45, 7) is 0.00880. The van der Waals surface area contributed by atoms with E-state index in [0.717, 1.165) is 12.1 Å². The van der Waals surface area contributed by atoms with Crippen molar-refractivity contribution in [3.8, 4) is 0 Å². The Balaban J connectivity index is 1.63. The summed E-state index contributed by atoms with van der Waals surface area (Å²) in [6.07, 6.45) is -1.05. The third-order valence-corrected chi connectivity index (χ3v) is 4.65. The molecule has 1 aliphatic heterocycles. The Bertz CT molecular complexity index is 1120. The molecule has 0 radical (unpaired) electrons. The second-order valence-corrected chi connectivity index (χ2v) is 6.74. The van der Waals surface area contributed by atoms with Gasteiger partial charge in [-0.3, -0.25) is 14.3 Å². The largest absolute Gasteiger partial charge is 0.416 e. The summed E-state index contributed by atoms with van der Waals surface area (Å²) in [5.41, 5.74) is 5.98. The molecular formula is C18H16F3N7O2. The number of nitrogens with zero attached hydrogens (tertiary/aromatic N) is 5. The van der Waals surface area contributed by atoms with Gasteiger partial charge in [-0.25, -0.2) is 4.68 Å². The standard InChI is InChI=1S/C18H16F3N7O2/c1-26-8-10(6-23-26)16(29)25-13-7-24-28-14(22)9-27(17(30)15(13)28)12-4-2-11(3-5-12)18(19,20)21/h2-8,14H,9,22H2,1H3,(H,25,29). The van der Waals surface area contributed by atoms with Crippen LogP contribution in [0, 0.1) is 0 Å². The molecule has 2 aromatic heterocycles. The molecule has 0 saturated heterocycles. The molecule has 1 atom stereocenters. The Morgan fingerprint density at radius 2 is 1.90 bits per heavy atom. The fourth-order valence-electron chi connectivity index (χ4n) is 3.18. The lowest BCUT2D eigenvalue weighted by Gasteiger charge is -2.32. The van der Waals surface area contributed by atoms with E-state index in [2.05, 4.69) is 15.5 Å². The third kappa shape index (κ3) is 3.41. The van der Waals surface area contributed by atoms with Crippen LogP contribution in [-0.4, -0.2) is 37.9 Å². The van der Waals surface area contributed by atoms with Crippen LogP contribution in [0.1, 0.15) is 32.6 Å². The zero-order chi connectivity index (χ0) is 21.6. The van der Waals surface area contributed by atoms with Crippen molar-refractivity contribution in [3.63, 3.8) is 0 Å². The minimum Gasteiger partial charge on any atom is -0.319 e. The topological polar surface area (TPSA) is 111 Å². The van der Waals surface area contributed by atoms with Crippen LogP contribution in [-0.2, 0) is 13.2 Å². The fraction of sp³-hybridized carbons (Fsp3) is 0.222. The zero-order valence-corrected chi connectivity index (χ0v) is 15.6. The van der Waals surface area contributed by atoms with Crippen molar-refractivity contribution in [2.24, 2.45) is 12.8 Å². The van der Waals surface area contributed by atoms with Crippen LogP contribution in [0.3, 0.4) is 0 Å². The van der Waals surface area contributed by atoms with Gasteiger partial charge in [0, 0.05) is 18.9 Å². The smallest absolute Gasteiger partial charge is 0.319 e. The van der Waals surface area contributed by atoms with Gasteiger partial charge in [0.15, 0.2) is 5.69 Å². The van der Waals surface area contributed by atoms with Crippen molar-refractivity contribution in [1.29, 1.82) is 0 Å². The number of aromatic nitrogens is 4. The first-order chi connectivity index (χ1) is 14.1. The van der Waals surface area contributed by atoms with Crippen molar-refractivity contribution >= 4 is 23.2 Å².